The fraction of sp³-hybridized carbons (Fsp3) is 0.538. The third-order valence-electron chi connectivity index (χ3n) is 2.99. The van der Waals surface area contributed by atoms with Gasteiger partial charge >= 0.3 is 0 Å². The Bertz CT molecular complexity index is 526. The van der Waals surface area contributed by atoms with Crippen LogP contribution in [0.1, 0.15) is 26.7 Å². The largest absolute Gasteiger partial charge is 0.399 e. The third kappa shape index (κ3) is 2.67. The van der Waals surface area contributed by atoms with Gasteiger partial charge in [-0.15, -0.1) is 0 Å². The number of nitrogen functional groups attached to an aromatic ring is 1. The van der Waals surface area contributed by atoms with E-state index in [0.29, 0.717) is 11.7 Å². The molecule has 5 heteroatoms. The molecule has 2 N–H and O–H groups in total. The highest BCUT2D eigenvalue weighted by molar-refractivity contribution is 7.91. The molecule has 0 aromatic heterocycles. The average molecular weight is 267 g/mol. The van der Waals surface area contributed by atoms with E-state index < -0.39 is 9.92 Å². The lowest BCUT2D eigenvalue weighted by Crippen LogP contribution is -2.29. The number of nitrogens with two attached hydrogens (primary N) is 1. The molecule has 1 aliphatic carbocycles. The molecule has 1 unspecified atom stereocenters. The lowest BCUT2D eigenvalue weighted by Gasteiger charge is -2.22. The zero-order valence-electron chi connectivity index (χ0n) is 11.2. The van der Waals surface area contributed by atoms with Crippen LogP contribution >= 0.6 is 0 Å². The summed E-state index contributed by atoms with van der Waals surface area (Å²) < 4.78 is 19.6. The van der Waals surface area contributed by atoms with Gasteiger partial charge in [0.25, 0.3) is 0 Å². The van der Waals surface area contributed by atoms with E-state index in [1.807, 2.05) is 37.3 Å². The van der Waals surface area contributed by atoms with E-state index in [0.717, 1.165) is 17.7 Å². The number of nitrogens with zero attached hydrogens (tertiary/aromatic N) is 2. The highest BCUT2D eigenvalue weighted by Gasteiger charge is 2.33. The van der Waals surface area contributed by atoms with Gasteiger partial charge in [-0.2, -0.15) is 0 Å². The van der Waals surface area contributed by atoms with Crippen molar-refractivity contribution in [3.05, 3.63) is 24.3 Å². The van der Waals surface area contributed by atoms with Crippen LogP contribution in [0.3, 0.4) is 0 Å². The van der Waals surface area contributed by atoms with Crippen molar-refractivity contribution in [1.29, 1.82) is 0 Å². The van der Waals surface area contributed by atoms with Gasteiger partial charge in [0.1, 0.15) is 9.92 Å². The van der Waals surface area contributed by atoms with Crippen LogP contribution in [0, 0.1) is 0 Å². The summed E-state index contributed by atoms with van der Waals surface area (Å²) in [4.78, 5) is 0.750. The summed E-state index contributed by atoms with van der Waals surface area (Å²) in [5.74, 6) is 0. The molecule has 0 bridgehead atoms. The molecule has 1 atom stereocenters. The van der Waals surface area contributed by atoms with Crippen molar-refractivity contribution in [1.82, 2.24) is 4.31 Å². The van der Waals surface area contributed by atoms with Gasteiger partial charge < -0.3 is 5.73 Å². The Labute approximate surface area is 109 Å². The normalized spacial score (nSPS) is 18.9. The van der Waals surface area contributed by atoms with E-state index in [1.54, 1.807) is 12.1 Å². The van der Waals surface area contributed by atoms with Crippen molar-refractivity contribution >= 4 is 15.6 Å². The SMILES string of the molecule is CC(C)N=S(=O)(c1ccc(N)cc1)N(C)C1CC1. The van der Waals surface area contributed by atoms with Gasteiger partial charge in [0.2, 0.25) is 0 Å². The van der Waals surface area contributed by atoms with Crippen LogP contribution in [0.15, 0.2) is 33.5 Å². The number of benzene rings is 1. The molecule has 100 valence electrons. The van der Waals surface area contributed by atoms with Crippen molar-refractivity contribution in [3.8, 4) is 0 Å². The standard InChI is InChI=1S/C13H21N3OS/c1-10(2)15-18(17,16(3)12-6-7-12)13-8-4-11(14)5-9-13/h4-5,8-10,12H,6-7,14H2,1-3H3. The van der Waals surface area contributed by atoms with E-state index in [1.165, 1.54) is 0 Å². The smallest absolute Gasteiger partial charge is 0.140 e. The van der Waals surface area contributed by atoms with Crippen LogP contribution in [-0.4, -0.2) is 27.6 Å². The topological polar surface area (TPSA) is 58.7 Å². The molecule has 4 nitrogen and oxygen atoms in total. The van der Waals surface area contributed by atoms with Crippen molar-refractivity contribution < 1.29 is 4.21 Å². The van der Waals surface area contributed by atoms with Crippen LogP contribution < -0.4 is 5.73 Å². The van der Waals surface area contributed by atoms with Gasteiger partial charge in [0.15, 0.2) is 0 Å². The molecule has 0 radical (unpaired) electrons. The molecule has 18 heavy (non-hydrogen) atoms. The molecule has 2 rings (SSSR count). The Kier molecular flexibility index (Phi) is 3.64. The van der Waals surface area contributed by atoms with Gasteiger partial charge in [-0.25, -0.2) is 12.9 Å². The Morgan fingerprint density at radius 2 is 1.89 bits per heavy atom. The zero-order chi connectivity index (χ0) is 13.3. The first-order valence-electron chi connectivity index (χ1n) is 6.28. The molecular weight excluding hydrogens is 246 g/mol. The summed E-state index contributed by atoms with van der Waals surface area (Å²) in [6, 6.07) is 7.65. The Morgan fingerprint density at radius 3 is 2.33 bits per heavy atom. The van der Waals surface area contributed by atoms with Crippen LogP contribution in [0.25, 0.3) is 0 Å². The summed E-state index contributed by atoms with van der Waals surface area (Å²) in [5.41, 5.74) is 6.36. The lowest BCUT2D eigenvalue weighted by atomic mass is 10.3. The van der Waals surface area contributed by atoms with Gasteiger partial charge in [0, 0.05) is 18.8 Å². The summed E-state index contributed by atoms with van der Waals surface area (Å²) in [6.07, 6.45) is 2.21. The second kappa shape index (κ2) is 4.90. The first kappa shape index (κ1) is 13.4. The molecule has 1 saturated carbocycles. The Morgan fingerprint density at radius 1 is 1.33 bits per heavy atom. The summed E-state index contributed by atoms with van der Waals surface area (Å²) in [6.45, 7) is 3.91. The average Bonchev–Trinajstić information content (AvgIpc) is 3.11. The second-order valence-corrected chi connectivity index (χ2v) is 7.29. The molecule has 0 heterocycles. The predicted octanol–water partition coefficient (Wildman–Crippen LogP) is 2.51. The summed E-state index contributed by atoms with van der Waals surface area (Å²) in [7, 11) is -0.591. The Hall–Kier alpha value is -1.07. The van der Waals surface area contributed by atoms with Crippen molar-refractivity contribution in [3.63, 3.8) is 0 Å². The fourth-order valence-electron chi connectivity index (χ4n) is 1.87. The van der Waals surface area contributed by atoms with E-state index in [9.17, 15) is 4.21 Å². The number of hydrogen-bond donors (Lipinski definition) is 1. The van der Waals surface area contributed by atoms with E-state index >= 15 is 0 Å². The molecule has 1 aromatic rings. The minimum Gasteiger partial charge on any atom is -0.399 e. The first-order chi connectivity index (χ1) is 8.43. The Balaban J connectivity index is 2.48. The van der Waals surface area contributed by atoms with Gasteiger partial charge in [0.05, 0.1) is 10.9 Å². The molecule has 0 aliphatic heterocycles. The maximum atomic E-state index is 13.2. The summed E-state index contributed by atoms with van der Waals surface area (Å²) in [5, 5.41) is 0. The monoisotopic (exact) mass is 267 g/mol. The van der Waals surface area contributed by atoms with Crippen LogP contribution in [-0.2, 0) is 9.92 Å². The van der Waals surface area contributed by atoms with Gasteiger partial charge in [-0.05, 0) is 51.0 Å². The first-order valence-corrected chi connectivity index (χ1v) is 7.75. The van der Waals surface area contributed by atoms with Crippen molar-refractivity contribution in [2.75, 3.05) is 12.8 Å². The van der Waals surface area contributed by atoms with E-state index in [2.05, 4.69) is 4.36 Å². The highest BCUT2D eigenvalue weighted by Crippen LogP contribution is 2.32. The van der Waals surface area contributed by atoms with Crippen molar-refractivity contribution in [2.24, 2.45) is 4.36 Å². The molecule has 1 aromatic carbocycles. The fourth-order valence-corrected chi connectivity index (χ4v) is 4.15. The minimum atomic E-state index is -2.50. The van der Waals surface area contributed by atoms with Crippen LogP contribution in [0.4, 0.5) is 5.69 Å². The highest BCUT2D eigenvalue weighted by atomic mass is 32.2. The lowest BCUT2D eigenvalue weighted by molar-refractivity contribution is 0.504. The predicted molar refractivity (Wildman–Crippen MR) is 75.6 cm³/mol. The van der Waals surface area contributed by atoms with E-state index in [4.69, 9.17) is 5.73 Å². The van der Waals surface area contributed by atoms with E-state index in [-0.39, 0.29) is 6.04 Å². The second-order valence-electron chi connectivity index (χ2n) is 5.04. The number of rotatable bonds is 4. The molecular formula is C13H21N3OS. The maximum Gasteiger partial charge on any atom is 0.140 e. The molecule has 0 amide bonds. The number of hydrogen-bond acceptors (Lipinski definition) is 3. The maximum absolute atomic E-state index is 13.2. The molecule has 0 saturated heterocycles. The van der Waals surface area contributed by atoms with Crippen LogP contribution in [0.2, 0.25) is 0 Å². The van der Waals surface area contributed by atoms with Crippen molar-refractivity contribution in [2.45, 2.75) is 43.7 Å². The van der Waals surface area contributed by atoms with Crippen LogP contribution in [0.5, 0.6) is 0 Å². The number of anilines is 1. The molecule has 0 spiro atoms. The molecule has 1 fully saturated rings. The van der Waals surface area contributed by atoms with Gasteiger partial charge in [-0.3, -0.25) is 0 Å². The minimum absolute atomic E-state index is 0.0382. The zero-order valence-corrected chi connectivity index (χ0v) is 12.0. The molecule has 1 aliphatic rings. The quantitative estimate of drug-likeness (QED) is 0.852. The van der Waals surface area contributed by atoms with Gasteiger partial charge in [-0.1, -0.05) is 0 Å². The third-order valence-corrected chi connectivity index (χ3v) is 5.66. The summed E-state index contributed by atoms with van der Waals surface area (Å²) >= 11 is 0.